The van der Waals surface area contributed by atoms with E-state index in [0.29, 0.717) is 40.9 Å². The number of nitrogens with zero attached hydrogens (tertiary/aromatic N) is 1. The Morgan fingerprint density at radius 3 is 2.52 bits per heavy atom. The third-order valence-electron chi connectivity index (χ3n) is 3.76. The molecular weight excluding hydrogens is 505 g/mol. The van der Waals surface area contributed by atoms with Crippen LogP contribution in [0.5, 0.6) is 11.5 Å². The first-order valence-corrected chi connectivity index (χ1v) is 10.1. The van der Waals surface area contributed by atoms with Crippen LogP contribution in [0, 0.1) is 3.57 Å². The fourth-order valence-electron chi connectivity index (χ4n) is 2.49. The molecular formula is C22H17ClINO4. The monoisotopic (exact) mass is 521 g/mol. The molecule has 0 amide bonds. The first kappa shape index (κ1) is 21.1. The van der Waals surface area contributed by atoms with Gasteiger partial charge in [0.25, 0.3) is 0 Å². The van der Waals surface area contributed by atoms with E-state index in [4.69, 9.17) is 25.8 Å². The van der Waals surface area contributed by atoms with Gasteiger partial charge in [-0.25, -0.2) is 9.79 Å². The molecule has 0 spiro atoms. The van der Waals surface area contributed by atoms with E-state index < -0.39 is 5.97 Å². The van der Waals surface area contributed by atoms with E-state index in [2.05, 4.69) is 40.7 Å². The number of ether oxygens (including phenoxy) is 3. The van der Waals surface area contributed by atoms with Crippen LogP contribution in [0.15, 0.2) is 72.4 Å². The summed E-state index contributed by atoms with van der Waals surface area (Å²) in [6, 6.07) is 10.7. The minimum Gasteiger partial charge on any atom is -0.486 e. The minimum absolute atomic E-state index is 0.171. The maximum atomic E-state index is 12.3. The molecule has 1 aliphatic rings. The molecule has 2 aromatic rings. The van der Waals surface area contributed by atoms with Crippen molar-refractivity contribution in [3.05, 3.63) is 87.1 Å². The Morgan fingerprint density at radius 2 is 1.79 bits per heavy atom. The molecule has 5 nitrogen and oxygen atoms in total. The van der Waals surface area contributed by atoms with E-state index in [1.54, 1.807) is 42.5 Å². The molecule has 0 aliphatic carbocycles. The first-order valence-electron chi connectivity index (χ1n) is 8.61. The molecule has 3 rings (SSSR count). The number of benzene rings is 2. The SMILES string of the molecule is C=CCOc1ccc(/C=C2\N=C(c3cc(I)ccc3Cl)OC2=O)cc1OCC=C. The summed E-state index contributed by atoms with van der Waals surface area (Å²) >= 11 is 8.38. The van der Waals surface area contributed by atoms with Gasteiger partial charge >= 0.3 is 5.97 Å². The smallest absolute Gasteiger partial charge is 0.363 e. The quantitative estimate of drug-likeness (QED) is 0.202. The maximum Gasteiger partial charge on any atom is 0.363 e. The van der Waals surface area contributed by atoms with Gasteiger partial charge in [0.15, 0.2) is 17.2 Å². The molecule has 2 aromatic carbocycles. The fourth-order valence-corrected chi connectivity index (χ4v) is 3.18. The van der Waals surface area contributed by atoms with Crippen LogP contribution >= 0.6 is 34.2 Å². The zero-order valence-corrected chi connectivity index (χ0v) is 18.3. The number of rotatable bonds is 8. The Morgan fingerprint density at radius 1 is 1.07 bits per heavy atom. The lowest BCUT2D eigenvalue weighted by molar-refractivity contribution is -0.129. The predicted octanol–water partition coefficient (Wildman–Crippen LogP) is 5.42. The average molecular weight is 522 g/mol. The Hall–Kier alpha value is -2.58. The van der Waals surface area contributed by atoms with Gasteiger partial charge in [0.05, 0.1) is 10.6 Å². The molecule has 0 radical (unpaired) electrons. The average Bonchev–Trinajstić information content (AvgIpc) is 3.07. The van der Waals surface area contributed by atoms with Crippen LogP contribution in [-0.4, -0.2) is 25.1 Å². The maximum absolute atomic E-state index is 12.3. The number of halogens is 2. The molecule has 0 unspecified atom stereocenters. The van der Waals surface area contributed by atoms with Crippen molar-refractivity contribution >= 4 is 52.1 Å². The van der Waals surface area contributed by atoms with Crippen LogP contribution in [0.2, 0.25) is 5.02 Å². The standard InChI is InChI=1S/C22H17ClINO4/c1-3-9-27-19-8-5-14(12-20(19)28-10-4-2)11-18-22(26)29-21(25-18)16-13-15(24)6-7-17(16)23/h3-8,11-13H,1-2,9-10H2/b18-11-. The van der Waals surface area contributed by atoms with Gasteiger partial charge in [-0.2, -0.15) is 0 Å². The molecule has 0 saturated heterocycles. The van der Waals surface area contributed by atoms with Crippen LogP contribution in [0.1, 0.15) is 11.1 Å². The highest BCUT2D eigenvalue weighted by Gasteiger charge is 2.26. The summed E-state index contributed by atoms with van der Waals surface area (Å²) in [6.45, 7) is 7.96. The van der Waals surface area contributed by atoms with E-state index in [9.17, 15) is 4.79 Å². The molecule has 0 aromatic heterocycles. The van der Waals surface area contributed by atoms with Crippen molar-refractivity contribution in [2.75, 3.05) is 13.2 Å². The predicted molar refractivity (Wildman–Crippen MR) is 123 cm³/mol. The van der Waals surface area contributed by atoms with E-state index >= 15 is 0 Å². The van der Waals surface area contributed by atoms with E-state index in [0.717, 1.165) is 3.57 Å². The normalized spacial score (nSPS) is 14.3. The lowest BCUT2D eigenvalue weighted by atomic mass is 10.1. The van der Waals surface area contributed by atoms with Gasteiger partial charge in [-0.3, -0.25) is 0 Å². The second-order valence-corrected chi connectivity index (χ2v) is 7.52. The fraction of sp³-hybridized carbons (Fsp3) is 0.0909. The Labute approximate surface area is 187 Å². The third-order valence-corrected chi connectivity index (χ3v) is 4.76. The molecule has 0 bridgehead atoms. The summed E-state index contributed by atoms with van der Waals surface area (Å²) < 4.78 is 17.5. The highest BCUT2D eigenvalue weighted by molar-refractivity contribution is 14.1. The van der Waals surface area contributed by atoms with Crippen molar-refractivity contribution in [1.29, 1.82) is 0 Å². The van der Waals surface area contributed by atoms with Gasteiger partial charge in [0.2, 0.25) is 5.90 Å². The lowest BCUT2D eigenvalue weighted by Crippen LogP contribution is -2.06. The Bertz CT molecular complexity index is 1030. The molecule has 29 heavy (non-hydrogen) atoms. The molecule has 7 heteroatoms. The highest BCUT2D eigenvalue weighted by atomic mass is 127. The largest absolute Gasteiger partial charge is 0.486 e. The number of cyclic esters (lactones) is 1. The summed E-state index contributed by atoms with van der Waals surface area (Å²) in [5, 5.41) is 0.460. The third kappa shape index (κ3) is 5.27. The molecule has 0 saturated carbocycles. The van der Waals surface area contributed by atoms with Crippen LogP contribution < -0.4 is 9.47 Å². The highest BCUT2D eigenvalue weighted by Crippen LogP contribution is 2.31. The van der Waals surface area contributed by atoms with Crippen LogP contribution in [0.25, 0.3) is 6.08 Å². The number of carbonyl (C=O) groups excluding carboxylic acids is 1. The van der Waals surface area contributed by atoms with Crippen molar-refractivity contribution in [2.45, 2.75) is 0 Å². The van der Waals surface area contributed by atoms with Crippen molar-refractivity contribution in [1.82, 2.24) is 0 Å². The molecule has 0 fully saturated rings. The van der Waals surface area contributed by atoms with Gasteiger partial charge in [-0.15, -0.1) is 0 Å². The summed E-state index contributed by atoms with van der Waals surface area (Å²) in [5.74, 6) is 0.726. The van der Waals surface area contributed by atoms with E-state index in [1.807, 2.05) is 12.1 Å². The van der Waals surface area contributed by atoms with E-state index in [1.165, 1.54) is 0 Å². The van der Waals surface area contributed by atoms with Gasteiger partial charge < -0.3 is 14.2 Å². The summed E-state index contributed by atoms with van der Waals surface area (Å²) in [7, 11) is 0. The molecule has 1 heterocycles. The number of hydrogen-bond acceptors (Lipinski definition) is 5. The Balaban J connectivity index is 1.93. The van der Waals surface area contributed by atoms with Gasteiger partial charge in [0, 0.05) is 3.57 Å². The zero-order chi connectivity index (χ0) is 20.8. The summed E-state index contributed by atoms with van der Waals surface area (Å²) in [6.07, 6.45) is 4.90. The first-order chi connectivity index (χ1) is 14.0. The summed E-state index contributed by atoms with van der Waals surface area (Å²) in [4.78, 5) is 16.6. The van der Waals surface area contributed by atoms with Crippen LogP contribution in [-0.2, 0) is 9.53 Å². The zero-order valence-electron chi connectivity index (χ0n) is 15.4. The van der Waals surface area contributed by atoms with Gasteiger partial charge in [-0.1, -0.05) is 43.0 Å². The van der Waals surface area contributed by atoms with Crippen molar-refractivity contribution in [2.24, 2.45) is 4.99 Å². The topological polar surface area (TPSA) is 57.1 Å². The van der Waals surface area contributed by atoms with Crippen LogP contribution in [0.3, 0.4) is 0 Å². The van der Waals surface area contributed by atoms with Crippen LogP contribution in [0.4, 0.5) is 0 Å². The van der Waals surface area contributed by atoms with Crippen molar-refractivity contribution in [3.63, 3.8) is 0 Å². The number of aliphatic imine (C=N–C) groups is 1. The lowest BCUT2D eigenvalue weighted by Gasteiger charge is -2.11. The number of esters is 1. The summed E-state index contributed by atoms with van der Waals surface area (Å²) in [5.41, 5.74) is 1.45. The molecule has 1 aliphatic heterocycles. The van der Waals surface area contributed by atoms with Crippen molar-refractivity contribution < 1.29 is 19.0 Å². The minimum atomic E-state index is -0.546. The Kier molecular flexibility index (Phi) is 7.11. The molecule has 0 atom stereocenters. The molecule has 0 N–H and O–H groups in total. The second kappa shape index (κ2) is 9.76. The number of carbonyl (C=O) groups is 1. The second-order valence-electron chi connectivity index (χ2n) is 5.87. The van der Waals surface area contributed by atoms with Gasteiger partial charge in [-0.05, 0) is 64.6 Å². The van der Waals surface area contributed by atoms with E-state index in [-0.39, 0.29) is 11.6 Å². The van der Waals surface area contributed by atoms with Gasteiger partial charge in [0.1, 0.15) is 13.2 Å². The molecule has 148 valence electrons. The van der Waals surface area contributed by atoms with Crippen molar-refractivity contribution in [3.8, 4) is 11.5 Å². The number of hydrogen-bond donors (Lipinski definition) is 0.